The van der Waals surface area contributed by atoms with Gasteiger partial charge in [0.05, 0.1) is 11.4 Å². The normalized spacial score (nSPS) is 19.3. The Hall–Kier alpha value is -3.66. The fourth-order valence-electron chi connectivity index (χ4n) is 5.69. The van der Waals surface area contributed by atoms with Crippen molar-refractivity contribution in [3.8, 4) is 11.1 Å². The first kappa shape index (κ1) is 29.8. The van der Waals surface area contributed by atoms with E-state index in [9.17, 15) is 23.1 Å². The number of piperidine rings is 1. The van der Waals surface area contributed by atoms with Gasteiger partial charge in [-0.05, 0) is 85.3 Å². The van der Waals surface area contributed by atoms with Crippen molar-refractivity contribution in [3.63, 3.8) is 0 Å². The fourth-order valence-corrected chi connectivity index (χ4v) is 6.63. The monoisotopic (exact) mass is 608 g/mol. The molecule has 0 saturated carbocycles. The van der Waals surface area contributed by atoms with Gasteiger partial charge in [-0.2, -0.15) is 0 Å². The van der Waals surface area contributed by atoms with Crippen LogP contribution in [0.4, 0.5) is 0 Å². The van der Waals surface area contributed by atoms with Gasteiger partial charge in [-0.3, -0.25) is 9.69 Å². The van der Waals surface area contributed by atoms with Crippen molar-refractivity contribution in [2.45, 2.75) is 43.7 Å². The van der Waals surface area contributed by atoms with Gasteiger partial charge in [-0.1, -0.05) is 48.0 Å². The molecular formula is C32H33ClN2O6S. The predicted octanol–water partition coefficient (Wildman–Crippen LogP) is 5.00. The number of nitrogens with one attached hydrogen (secondary N) is 1. The Bertz CT molecular complexity index is 1720. The highest BCUT2D eigenvalue weighted by Gasteiger charge is 2.51. The number of esters is 1. The van der Waals surface area contributed by atoms with Crippen molar-refractivity contribution < 1.29 is 27.9 Å². The Kier molecular flexibility index (Phi) is 8.20. The molecule has 8 nitrogen and oxygen atoms in total. The maximum atomic E-state index is 13.2. The van der Waals surface area contributed by atoms with Crippen LogP contribution in [0.5, 0.6) is 0 Å². The lowest BCUT2D eigenvalue weighted by Crippen LogP contribution is -2.52. The summed E-state index contributed by atoms with van der Waals surface area (Å²) in [4.78, 5) is 28.0. The van der Waals surface area contributed by atoms with Gasteiger partial charge in [0, 0.05) is 29.9 Å². The molecule has 0 aromatic heterocycles. The number of amides is 1. The van der Waals surface area contributed by atoms with Crippen molar-refractivity contribution in [1.82, 2.24) is 10.2 Å². The Morgan fingerprint density at radius 1 is 1.07 bits per heavy atom. The van der Waals surface area contributed by atoms with E-state index in [0.29, 0.717) is 53.2 Å². The second kappa shape index (κ2) is 11.6. The number of aliphatic hydroxyl groups excluding tert-OH is 1. The molecule has 220 valence electrons. The topological polar surface area (TPSA) is 113 Å². The summed E-state index contributed by atoms with van der Waals surface area (Å²) in [6.07, 6.45) is 2.20. The lowest BCUT2D eigenvalue weighted by atomic mass is 9.87. The fraction of sp³-hybridized carbons (Fsp3) is 0.312. The molecule has 42 heavy (non-hydrogen) atoms. The second-order valence-electron chi connectivity index (χ2n) is 11.1. The SMILES string of the molecule is Cc1ccccc1CNC(=O)CN1CCCC2(C1)OC(=O)C(c1cc(Cl)c(-c3cccc(S(C)(=O)=O)c3)cc1C)=C2O. The number of aliphatic hydroxyl groups is 1. The highest BCUT2D eigenvalue weighted by Crippen LogP contribution is 2.44. The summed E-state index contributed by atoms with van der Waals surface area (Å²) in [5.74, 6) is -0.964. The molecule has 3 aromatic carbocycles. The zero-order chi connectivity index (χ0) is 30.2. The first-order valence-corrected chi connectivity index (χ1v) is 16.0. The van der Waals surface area contributed by atoms with E-state index in [1.165, 1.54) is 6.07 Å². The molecule has 3 aromatic rings. The zero-order valence-electron chi connectivity index (χ0n) is 23.7. The molecule has 2 heterocycles. The molecule has 1 saturated heterocycles. The van der Waals surface area contributed by atoms with Gasteiger partial charge in [-0.25, -0.2) is 13.2 Å². The minimum absolute atomic E-state index is 0.0525. The number of aryl methyl sites for hydroxylation is 2. The third-order valence-corrected chi connectivity index (χ3v) is 9.38. The third kappa shape index (κ3) is 5.95. The highest BCUT2D eigenvalue weighted by atomic mass is 35.5. The first-order valence-electron chi connectivity index (χ1n) is 13.7. The van der Waals surface area contributed by atoms with Crippen molar-refractivity contribution in [2.24, 2.45) is 0 Å². The van der Waals surface area contributed by atoms with Crippen LogP contribution in [0.1, 0.15) is 35.1 Å². The minimum Gasteiger partial charge on any atom is -0.507 e. The molecule has 1 unspecified atom stereocenters. The summed E-state index contributed by atoms with van der Waals surface area (Å²) in [5.41, 5.74) is 3.27. The second-order valence-corrected chi connectivity index (χ2v) is 13.5. The van der Waals surface area contributed by atoms with Crippen LogP contribution < -0.4 is 5.32 Å². The van der Waals surface area contributed by atoms with Crippen LogP contribution in [-0.2, 0) is 30.7 Å². The lowest BCUT2D eigenvalue weighted by molar-refractivity contribution is -0.152. The number of likely N-dealkylation sites (tertiary alicyclic amines) is 1. The summed E-state index contributed by atoms with van der Waals surface area (Å²) in [7, 11) is -3.41. The number of hydrogen-bond donors (Lipinski definition) is 2. The highest BCUT2D eigenvalue weighted by molar-refractivity contribution is 7.90. The van der Waals surface area contributed by atoms with E-state index in [-0.39, 0.29) is 35.2 Å². The number of ether oxygens (including phenoxy) is 1. The first-order chi connectivity index (χ1) is 19.9. The van der Waals surface area contributed by atoms with Gasteiger partial charge in [0.1, 0.15) is 5.57 Å². The summed E-state index contributed by atoms with van der Waals surface area (Å²) < 4.78 is 30.0. The molecule has 2 aliphatic rings. The van der Waals surface area contributed by atoms with Crippen LogP contribution in [0.25, 0.3) is 16.7 Å². The molecule has 0 radical (unpaired) electrons. The molecule has 1 spiro atoms. The number of benzene rings is 3. The van der Waals surface area contributed by atoms with Gasteiger partial charge in [0.25, 0.3) is 0 Å². The predicted molar refractivity (Wildman–Crippen MR) is 162 cm³/mol. The van der Waals surface area contributed by atoms with E-state index in [1.54, 1.807) is 37.3 Å². The van der Waals surface area contributed by atoms with E-state index in [4.69, 9.17) is 16.3 Å². The quantitative estimate of drug-likeness (QED) is 0.363. The molecular weight excluding hydrogens is 576 g/mol. The van der Waals surface area contributed by atoms with Gasteiger partial charge >= 0.3 is 5.97 Å². The molecule has 1 amide bonds. The largest absolute Gasteiger partial charge is 0.507 e. The summed E-state index contributed by atoms with van der Waals surface area (Å²) in [6.45, 7) is 5.14. The number of sulfone groups is 1. The molecule has 0 aliphatic carbocycles. The smallest absolute Gasteiger partial charge is 0.343 e. The van der Waals surface area contributed by atoms with Crippen molar-refractivity contribution in [2.75, 3.05) is 25.9 Å². The number of hydrogen-bond acceptors (Lipinski definition) is 7. The van der Waals surface area contributed by atoms with Gasteiger partial charge in [0.2, 0.25) is 5.91 Å². The van der Waals surface area contributed by atoms with E-state index in [2.05, 4.69) is 5.32 Å². The van der Waals surface area contributed by atoms with E-state index >= 15 is 0 Å². The number of nitrogens with zero attached hydrogens (tertiary/aromatic N) is 1. The average Bonchev–Trinajstić information content (AvgIpc) is 3.16. The van der Waals surface area contributed by atoms with Gasteiger partial charge in [0.15, 0.2) is 21.2 Å². The number of carbonyl (C=O) groups excluding carboxylic acids is 2. The molecule has 1 atom stereocenters. The molecule has 5 rings (SSSR count). The van der Waals surface area contributed by atoms with E-state index in [1.807, 2.05) is 36.1 Å². The number of halogens is 1. The minimum atomic E-state index is -3.41. The Labute approximate surface area is 250 Å². The van der Waals surface area contributed by atoms with E-state index < -0.39 is 21.4 Å². The third-order valence-electron chi connectivity index (χ3n) is 7.96. The molecule has 2 N–H and O–H groups in total. The Morgan fingerprint density at radius 3 is 2.57 bits per heavy atom. The van der Waals surface area contributed by atoms with Crippen LogP contribution in [0, 0.1) is 13.8 Å². The van der Waals surface area contributed by atoms with Crippen LogP contribution in [0.3, 0.4) is 0 Å². The average molecular weight is 609 g/mol. The van der Waals surface area contributed by atoms with Crippen LogP contribution in [0.2, 0.25) is 5.02 Å². The zero-order valence-corrected chi connectivity index (χ0v) is 25.3. The Balaban J connectivity index is 1.37. The molecule has 10 heteroatoms. The molecule has 2 aliphatic heterocycles. The van der Waals surface area contributed by atoms with Crippen LogP contribution >= 0.6 is 11.6 Å². The van der Waals surface area contributed by atoms with Gasteiger partial charge < -0.3 is 15.2 Å². The summed E-state index contributed by atoms with van der Waals surface area (Å²) >= 11 is 6.66. The van der Waals surface area contributed by atoms with Gasteiger partial charge in [-0.15, -0.1) is 0 Å². The lowest BCUT2D eigenvalue weighted by Gasteiger charge is -2.38. The van der Waals surface area contributed by atoms with Crippen molar-refractivity contribution >= 4 is 38.9 Å². The Morgan fingerprint density at radius 2 is 1.83 bits per heavy atom. The van der Waals surface area contributed by atoms with Crippen molar-refractivity contribution in [3.05, 3.63) is 93.7 Å². The van der Waals surface area contributed by atoms with Crippen molar-refractivity contribution in [1.29, 1.82) is 0 Å². The maximum absolute atomic E-state index is 13.2. The summed E-state index contributed by atoms with van der Waals surface area (Å²) in [6, 6.07) is 17.7. The maximum Gasteiger partial charge on any atom is 0.343 e. The molecule has 0 bridgehead atoms. The standard InChI is InChI=1S/C32H33ClN2O6S/c1-20-8-4-5-9-23(20)17-34-28(36)18-35-13-7-12-32(19-35)30(37)29(31(38)41-32)25-16-27(33)26(14-21(25)2)22-10-6-11-24(15-22)42(3,39)40/h4-6,8-11,14-16,37H,7,12-13,17-19H2,1-3H3,(H,34,36). The van der Waals surface area contributed by atoms with E-state index in [0.717, 1.165) is 17.4 Å². The number of rotatable bonds is 7. The van der Waals surface area contributed by atoms with Crippen LogP contribution in [0.15, 0.2) is 71.3 Å². The summed E-state index contributed by atoms with van der Waals surface area (Å²) in [5, 5.41) is 14.7. The van der Waals surface area contributed by atoms with Crippen LogP contribution in [-0.4, -0.2) is 61.8 Å². The molecule has 1 fully saturated rings. The number of carbonyl (C=O) groups is 2.